The molecule has 2 aliphatic heterocycles. The van der Waals surface area contributed by atoms with Crippen LogP contribution >= 0.6 is 0 Å². The Morgan fingerprint density at radius 1 is 1.11 bits per heavy atom. The van der Waals surface area contributed by atoms with E-state index in [1.165, 1.54) is 64.8 Å². The van der Waals surface area contributed by atoms with Gasteiger partial charge in [0.05, 0.1) is 0 Å². The lowest BCUT2D eigenvalue weighted by Gasteiger charge is -2.41. The SMILES string of the molecule is CN1CCCC(N2CCCNC(C)(C3CC3)C2)C1. The Hall–Kier alpha value is -0.120. The standard InChI is InChI=1S/C15H29N3/c1-15(13-6-7-13)12-18(10-4-8-16-15)14-5-3-9-17(2)11-14/h13-14,16H,3-12H2,1-2H3. The summed E-state index contributed by atoms with van der Waals surface area (Å²) in [6.07, 6.45) is 7.00. The molecule has 0 aromatic heterocycles. The summed E-state index contributed by atoms with van der Waals surface area (Å²) in [5.41, 5.74) is 0.395. The summed E-state index contributed by atoms with van der Waals surface area (Å²) in [4.78, 5) is 5.31. The maximum atomic E-state index is 3.84. The summed E-state index contributed by atoms with van der Waals surface area (Å²) in [7, 11) is 2.28. The van der Waals surface area contributed by atoms with E-state index in [0.29, 0.717) is 5.54 Å². The molecular weight excluding hydrogens is 222 g/mol. The van der Waals surface area contributed by atoms with Gasteiger partial charge in [-0.15, -0.1) is 0 Å². The lowest BCUT2D eigenvalue weighted by molar-refractivity contribution is 0.0913. The van der Waals surface area contributed by atoms with Crippen LogP contribution in [-0.4, -0.2) is 61.2 Å². The Kier molecular flexibility index (Phi) is 3.65. The zero-order chi connectivity index (χ0) is 12.6. The van der Waals surface area contributed by atoms with Gasteiger partial charge in [0.1, 0.15) is 0 Å². The average molecular weight is 251 g/mol. The van der Waals surface area contributed by atoms with Crippen LogP contribution in [0.5, 0.6) is 0 Å². The average Bonchev–Trinajstić information content (AvgIpc) is 3.15. The molecule has 1 aliphatic carbocycles. The molecule has 3 rings (SSSR count). The van der Waals surface area contributed by atoms with Gasteiger partial charge in [-0.25, -0.2) is 0 Å². The number of likely N-dealkylation sites (tertiary alicyclic amines) is 1. The quantitative estimate of drug-likeness (QED) is 0.803. The molecule has 0 radical (unpaired) electrons. The minimum Gasteiger partial charge on any atom is -0.310 e. The first kappa shape index (κ1) is 12.9. The molecule has 3 aliphatic rings. The fraction of sp³-hybridized carbons (Fsp3) is 1.00. The van der Waals surface area contributed by atoms with E-state index in [1.54, 1.807) is 0 Å². The highest BCUT2D eigenvalue weighted by Gasteiger charge is 2.44. The lowest BCUT2D eigenvalue weighted by atomic mass is 9.93. The van der Waals surface area contributed by atoms with E-state index in [4.69, 9.17) is 0 Å². The van der Waals surface area contributed by atoms with Crippen molar-refractivity contribution in [2.75, 3.05) is 39.8 Å². The first-order chi connectivity index (χ1) is 8.67. The molecule has 3 heteroatoms. The molecule has 1 N–H and O–H groups in total. The maximum Gasteiger partial charge on any atom is 0.0308 e. The van der Waals surface area contributed by atoms with E-state index in [1.807, 2.05) is 0 Å². The van der Waals surface area contributed by atoms with Crippen molar-refractivity contribution in [2.45, 2.75) is 50.6 Å². The van der Waals surface area contributed by atoms with Crippen LogP contribution in [0, 0.1) is 5.92 Å². The van der Waals surface area contributed by atoms with E-state index >= 15 is 0 Å². The van der Waals surface area contributed by atoms with Gasteiger partial charge in [0.15, 0.2) is 0 Å². The van der Waals surface area contributed by atoms with Gasteiger partial charge in [0.2, 0.25) is 0 Å². The van der Waals surface area contributed by atoms with Gasteiger partial charge < -0.3 is 10.2 Å². The summed E-state index contributed by atoms with van der Waals surface area (Å²) in [5.74, 6) is 0.944. The third kappa shape index (κ3) is 2.73. The van der Waals surface area contributed by atoms with E-state index in [2.05, 4.69) is 29.1 Å². The normalized spacial score (nSPS) is 40.7. The van der Waals surface area contributed by atoms with Gasteiger partial charge in [0.25, 0.3) is 0 Å². The van der Waals surface area contributed by atoms with Crippen molar-refractivity contribution in [1.82, 2.24) is 15.1 Å². The third-order valence-corrected chi connectivity index (χ3v) is 5.28. The molecule has 2 saturated heterocycles. The molecule has 0 aromatic rings. The maximum absolute atomic E-state index is 3.84. The summed E-state index contributed by atoms with van der Waals surface area (Å²) >= 11 is 0. The van der Waals surface area contributed by atoms with Gasteiger partial charge >= 0.3 is 0 Å². The molecular formula is C15H29N3. The molecule has 2 atom stereocenters. The molecule has 0 amide bonds. The largest absolute Gasteiger partial charge is 0.310 e. The fourth-order valence-corrected chi connectivity index (χ4v) is 3.96. The Balaban J connectivity index is 1.66. The molecule has 18 heavy (non-hydrogen) atoms. The Morgan fingerprint density at radius 3 is 2.67 bits per heavy atom. The Bertz CT molecular complexity index is 289. The summed E-state index contributed by atoms with van der Waals surface area (Å²) in [6, 6.07) is 0.807. The molecule has 104 valence electrons. The van der Waals surface area contributed by atoms with Gasteiger partial charge in [-0.1, -0.05) is 0 Å². The van der Waals surface area contributed by atoms with Crippen LogP contribution in [0.1, 0.15) is 39.0 Å². The van der Waals surface area contributed by atoms with E-state index in [-0.39, 0.29) is 0 Å². The van der Waals surface area contributed by atoms with Gasteiger partial charge in [-0.3, -0.25) is 4.90 Å². The zero-order valence-electron chi connectivity index (χ0n) is 12.1. The molecule has 2 unspecified atom stereocenters. The van der Waals surface area contributed by atoms with Crippen molar-refractivity contribution in [3.05, 3.63) is 0 Å². The van der Waals surface area contributed by atoms with E-state index < -0.39 is 0 Å². The number of rotatable bonds is 2. The highest BCUT2D eigenvalue weighted by Crippen LogP contribution is 2.41. The predicted molar refractivity (Wildman–Crippen MR) is 75.8 cm³/mol. The van der Waals surface area contributed by atoms with Crippen LogP contribution < -0.4 is 5.32 Å². The van der Waals surface area contributed by atoms with Gasteiger partial charge in [0, 0.05) is 24.7 Å². The number of hydrogen-bond donors (Lipinski definition) is 1. The molecule has 3 fully saturated rings. The summed E-state index contributed by atoms with van der Waals surface area (Å²) < 4.78 is 0. The monoisotopic (exact) mass is 251 g/mol. The number of hydrogen-bond acceptors (Lipinski definition) is 3. The molecule has 2 heterocycles. The van der Waals surface area contributed by atoms with Crippen molar-refractivity contribution in [3.8, 4) is 0 Å². The summed E-state index contributed by atoms with van der Waals surface area (Å²) in [6.45, 7) is 8.83. The lowest BCUT2D eigenvalue weighted by Crippen LogP contribution is -2.55. The second-order valence-corrected chi connectivity index (χ2v) is 7.00. The van der Waals surface area contributed by atoms with Crippen molar-refractivity contribution in [2.24, 2.45) is 5.92 Å². The van der Waals surface area contributed by atoms with Crippen molar-refractivity contribution in [3.63, 3.8) is 0 Å². The molecule has 0 spiro atoms. The van der Waals surface area contributed by atoms with Crippen LogP contribution in [0.2, 0.25) is 0 Å². The van der Waals surface area contributed by atoms with Crippen molar-refractivity contribution >= 4 is 0 Å². The number of likely N-dealkylation sites (N-methyl/N-ethyl adjacent to an activating group) is 1. The number of nitrogens with zero attached hydrogens (tertiary/aromatic N) is 2. The zero-order valence-corrected chi connectivity index (χ0v) is 12.1. The predicted octanol–water partition coefficient (Wildman–Crippen LogP) is 1.54. The second-order valence-electron chi connectivity index (χ2n) is 7.00. The molecule has 0 bridgehead atoms. The van der Waals surface area contributed by atoms with E-state index in [9.17, 15) is 0 Å². The minimum absolute atomic E-state index is 0.395. The van der Waals surface area contributed by atoms with E-state index in [0.717, 1.165) is 12.0 Å². The highest BCUT2D eigenvalue weighted by molar-refractivity contribution is 5.02. The smallest absolute Gasteiger partial charge is 0.0308 e. The summed E-state index contributed by atoms with van der Waals surface area (Å²) in [5, 5.41) is 3.84. The Labute approximate surface area is 112 Å². The Morgan fingerprint density at radius 2 is 1.94 bits per heavy atom. The van der Waals surface area contributed by atoms with Crippen LogP contribution in [0.4, 0.5) is 0 Å². The van der Waals surface area contributed by atoms with Crippen LogP contribution in [0.25, 0.3) is 0 Å². The molecule has 1 saturated carbocycles. The van der Waals surface area contributed by atoms with Crippen LogP contribution in [-0.2, 0) is 0 Å². The number of piperidine rings is 1. The van der Waals surface area contributed by atoms with Crippen LogP contribution in [0.3, 0.4) is 0 Å². The van der Waals surface area contributed by atoms with Gasteiger partial charge in [-0.2, -0.15) is 0 Å². The fourth-order valence-electron chi connectivity index (χ4n) is 3.96. The van der Waals surface area contributed by atoms with Gasteiger partial charge in [-0.05, 0) is 71.6 Å². The minimum atomic E-state index is 0.395. The highest BCUT2D eigenvalue weighted by atomic mass is 15.3. The molecule has 0 aromatic carbocycles. The van der Waals surface area contributed by atoms with Crippen molar-refractivity contribution < 1.29 is 0 Å². The number of nitrogens with one attached hydrogen (secondary N) is 1. The van der Waals surface area contributed by atoms with Crippen LogP contribution in [0.15, 0.2) is 0 Å². The first-order valence-corrected chi connectivity index (χ1v) is 7.85. The van der Waals surface area contributed by atoms with Crippen molar-refractivity contribution in [1.29, 1.82) is 0 Å². The second kappa shape index (κ2) is 5.10. The first-order valence-electron chi connectivity index (χ1n) is 7.85. The third-order valence-electron chi connectivity index (χ3n) is 5.28. The molecule has 3 nitrogen and oxygen atoms in total. The topological polar surface area (TPSA) is 18.5 Å².